The maximum absolute atomic E-state index is 9.50. The predicted octanol–water partition coefficient (Wildman–Crippen LogP) is 1.27. The molecule has 4 heteroatoms. The molecule has 2 aromatic rings. The Hall–Kier alpha value is -1.65. The number of nitrogens with zero attached hydrogens (tertiary/aromatic N) is 2. The van der Waals surface area contributed by atoms with Crippen molar-refractivity contribution in [2.24, 2.45) is 0 Å². The van der Waals surface area contributed by atoms with E-state index >= 15 is 0 Å². The maximum Gasteiger partial charge on any atom is 0.0683 e. The van der Waals surface area contributed by atoms with Crippen molar-refractivity contribution >= 4 is 0 Å². The van der Waals surface area contributed by atoms with Gasteiger partial charge in [0.2, 0.25) is 0 Å². The number of hydrogen-bond donors (Lipinski definition) is 2. The van der Waals surface area contributed by atoms with Gasteiger partial charge >= 0.3 is 0 Å². The zero-order chi connectivity index (χ0) is 11.7. The summed E-state index contributed by atoms with van der Waals surface area (Å²) in [6.45, 7) is 0.668. The zero-order valence-corrected chi connectivity index (χ0v) is 9.45. The van der Waals surface area contributed by atoms with Crippen molar-refractivity contribution in [3.8, 4) is 5.69 Å². The van der Waals surface area contributed by atoms with Gasteiger partial charge < -0.3 is 10.4 Å². The quantitative estimate of drug-likeness (QED) is 0.815. The molecule has 4 nitrogen and oxygen atoms in total. The van der Waals surface area contributed by atoms with Gasteiger partial charge in [-0.05, 0) is 18.6 Å². The highest BCUT2D eigenvalue weighted by molar-refractivity contribution is 5.31. The van der Waals surface area contributed by atoms with Crippen LogP contribution in [-0.4, -0.2) is 27.5 Å². The monoisotopic (exact) mass is 229 g/mol. The van der Waals surface area contributed by atoms with E-state index in [2.05, 4.69) is 10.4 Å². The normalized spacial score (nSPS) is 24.1. The Bertz CT molecular complexity index is 494. The smallest absolute Gasteiger partial charge is 0.0683 e. The fourth-order valence-corrected chi connectivity index (χ4v) is 2.21. The van der Waals surface area contributed by atoms with Gasteiger partial charge in [0, 0.05) is 24.3 Å². The Kier molecular flexibility index (Phi) is 2.66. The van der Waals surface area contributed by atoms with Crippen molar-refractivity contribution in [1.29, 1.82) is 0 Å². The first kappa shape index (κ1) is 10.5. The lowest BCUT2D eigenvalue weighted by molar-refractivity contribution is 0.193. The van der Waals surface area contributed by atoms with Crippen LogP contribution >= 0.6 is 0 Å². The molecule has 0 spiro atoms. The van der Waals surface area contributed by atoms with Crippen LogP contribution in [0.5, 0.6) is 0 Å². The van der Waals surface area contributed by atoms with E-state index in [-0.39, 0.29) is 12.1 Å². The highest BCUT2D eigenvalue weighted by Crippen LogP contribution is 2.23. The van der Waals surface area contributed by atoms with Crippen LogP contribution in [0.25, 0.3) is 5.69 Å². The molecule has 17 heavy (non-hydrogen) atoms. The molecule has 2 heterocycles. The van der Waals surface area contributed by atoms with E-state index < -0.39 is 0 Å². The molecule has 1 aromatic heterocycles. The Balaban J connectivity index is 1.84. The molecule has 0 saturated carbocycles. The Morgan fingerprint density at radius 2 is 2.12 bits per heavy atom. The van der Waals surface area contributed by atoms with Crippen LogP contribution in [0.4, 0.5) is 0 Å². The third-order valence-electron chi connectivity index (χ3n) is 3.13. The number of aliphatic hydroxyl groups is 1. The summed E-state index contributed by atoms with van der Waals surface area (Å²) in [7, 11) is 0. The molecular weight excluding hydrogens is 214 g/mol. The molecule has 0 radical (unpaired) electrons. The summed E-state index contributed by atoms with van der Waals surface area (Å²) in [5.41, 5.74) is 2.18. The largest absolute Gasteiger partial charge is 0.392 e. The van der Waals surface area contributed by atoms with Crippen LogP contribution in [0.1, 0.15) is 18.0 Å². The van der Waals surface area contributed by atoms with Gasteiger partial charge in [0.15, 0.2) is 0 Å². The number of aromatic nitrogens is 2. The summed E-state index contributed by atoms with van der Waals surface area (Å²) in [6, 6.07) is 10.2. The van der Waals surface area contributed by atoms with E-state index in [1.807, 2.05) is 47.4 Å². The van der Waals surface area contributed by atoms with Crippen LogP contribution in [0.15, 0.2) is 42.7 Å². The minimum Gasteiger partial charge on any atom is -0.392 e. The van der Waals surface area contributed by atoms with Gasteiger partial charge in [-0.2, -0.15) is 5.10 Å². The summed E-state index contributed by atoms with van der Waals surface area (Å²) in [6.07, 6.45) is 4.41. The number of benzene rings is 1. The van der Waals surface area contributed by atoms with Crippen LogP contribution in [0, 0.1) is 0 Å². The standard InChI is InChI=1S/C13H15N3O/c17-12-6-13(14-8-12)10-7-15-16(9-10)11-4-2-1-3-5-11/h1-5,7,9,12-14,17H,6,8H2. The fourth-order valence-electron chi connectivity index (χ4n) is 2.21. The van der Waals surface area contributed by atoms with Crippen LogP contribution in [0.3, 0.4) is 0 Å². The number of nitrogens with one attached hydrogen (secondary N) is 1. The third-order valence-corrected chi connectivity index (χ3v) is 3.13. The van der Waals surface area contributed by atoms with Gasteiger partial charge in [-0.1, -0.05) is 18.2 Å². The van der Waals surface area contributed by atoms with E-state index in [4.69, 9.17) is 0 Å². The summed E-state index contributed by atoms with van der Waals surface area (Å²) < 4.78 is 1.86. The lowest BCUT2D eigenvalue weighted by Gasteiger charge is -2.05. The molecule has 1 fully saturated rings. The summed E-state index contributed by atoms with van der Waals surface area (Å²) in [5.74, 6) is 0. The molecule has 1 aromatic carbocycles. The van der Waals surface area contributed by atoms with Crippen LogP contribution < -0.4 is 5.32 Å². The second-order valence-electron chi connectivity index (χ2n) is 4.40. The number of para-hydroxylation sites is 1. The lowest BCUT2D eigenvalue weighted by atomic mass is 10.1. The average molecular weight is 229 g/mol. The highest BCUT2D eigenvalue weighted by Gasteiger charge is 2.24. The van der Waals surface area contributed by atoms with Gasteiger partial charge in [-0.25, -0.2) is 4.68 Å². The first-order chi connectivity index (χ1) is 8.33. The van der Waals surface area contributed by atoms with Crippen molar-refractivity contribution in [2.45, 2.75) is 18.6 Å². The average Bonchev–Trinajstić information content (AvgIpc) is 2.98. The van der Waals surface area contributed by atoms with Crippen molar-refractivity contribution < 1.29 is 5.11 Å². The summed E-state index contributed by atoms with van der Waals surface area (Å²) >= 11 is 0. The number of aliphatic hydroxyl groups excluding tert-OH is 1. The van der Waals surface area contributed by atoms with Crippen molar-refractivity contribution in [2.75, 3.05) is 6.54 Å². The number of β-amino-alcohol motifs (C(OH)–C–C–N with tert-alkyl or cyclic N) is 1. The Labute approximate surface area is 99.9 Å². The SMILES string of the molecule is OC1CNC(c2cnn(-c3ccccc3)c2)C1. The number of rotatable bonds is 2. The van der Waals surface area contributed by atoms with E-state index in [1.54, 1.807) is 0 Å². The predicted molar refractivity (Wildman–Crippen MR) is 64.9 cm³/mol. The van der Waals surface area contributed by atoms with Crippen LogP contribution in [-0.2, 0) is 0 Å². The van der Waals surface area contributed by atoms with E-state index in [0.29, 0.717) is 6.54 Å². The highest BCUT2D eigenvalue weighted by atomic mass is 16.3. The summed E-state index contributed by atoms with van der Waals surface area (Å²) in [4.78, 5) is 0. The van der Waals surface area contributed by atoms with E-state index in [0.717, 1.165) is 17.7 Å². The van der Waals surface area contributed by atoms with Gasteiger partial charge in [-0.15, -0.1) is 0 Å². The Morgan fingerprint density at radius 3 is 2.82 bits per heavy atom. The lowest BCUT2D eigenvalue weighted by Crippen LogP contribution is -2.14. The molecule has 2 unspecified atom stereocenters. The zero-order valence-electron chi connectivity index (χ0n) is 9.45. The first-order valence-electron chi connectivity index (χ1n) is 5.84. The van der Waals surface area contributed by atoms with E-state index in [9.17, 15) is 5.11 Å². The van der Waals surface area contributed by atoms with Gasteiger partial charge in [-0.3, -0.25) is 0 Å². The topological polar surface area (TPSA) is 50.1 Å². The molecule has 1 aliphatic rings. The van der Waals surface area contributed by atoms with E-state index in [1.165, 1.54) is 0 Å². The molecule has 1 saturated heterocycles. The fraction of sp³-hybridized carbons (Fsp3) is 0.308. The Morgan fingerprint density at radius 1 is 1.29 bits per heavy atom. The number of hydrogen-bond acceptors (Lipinski definition) is 3. The minimum atomic E-state index is -0.236. The first-order valence-corrected chi connectivity index (χ1v) is 5.84. The van der Waals surface area contributed by atoms with Gasteiger partial charge in [0.25, 0.3) is 0 Å². The minimum absolute atomic E-state index is 0.225. The maximum atomic E-state index is 9.50. The molecule has 0 bridgehead atoms. The second kappa shape index (κ2) is 4.31. The molecule has 3 rings (SSSR count). The van der Waals surface area contributed by atoms with Crippen molar-refractivity contribution in [3.63, 3.8) is 0 Å². The van der Waals surface area contributed by atoms with Gasteiger partial charge in [0.1, 0.15) is 0 Å². The second-order valence-corrected chi connectivity index (χ2v) is 4.40. The molecule has 2 N–H and O–H groups in total. The van der Waals surface area contributed by atoms with Gasteiger partial charge in [0.05, 0.1) is 18.0 Å². The molecule has 1 aliphatic heterocycles. The molecule has 88 valence electrons. The van der Waals surface area contributed by atoms with Crippen LogP contribution in [0.2, 0.25) is 0 Å². The van der Waals surface area contributed by atoms with Crippen molar-refractivity contribution in [3.05, 3.63) is 48.3 Å². The molecular formula is C13H15N3O. The van der Waals surface area contributed by atoms with Crippen molar-refractivity contribution in [1.82, 2.24) is 15.1 Å². The third kappa shape index (κ3) is 2.09. The molecule has 2 atom stereocenters. The molecule has 0 amide bonds. The summed E-state index contributed by atoms with van der Waals surface area (Å²) in [5, 5.41) is 17.1. The molecule has 0 aliphatic carbocycles.